The summed E-state index contributed by atoms with van der Waals surface area (Å²) < 4.78 is 133. The van der Waals surface area contributed by atoms with Crippen LogP contribution in [-0.4, -0.2) is 53.7 Å². The second kappa shape index (κ2) is 8.34. The molecule has 1 aliphatic rings. The van der Waals surface area contributed by atoms with E-state index in [4.69, 9.17) is 4.74 Å². The van der Waals surface area contributed by atoms with Gasteiger partial charge in [-0.15, -0.1) is 0 Å². The van der Waals surface area contributed by atoms with Crippen LogP contribution < -0.4 is 5.32 Å². The Morgan fingerprint density at radius 1 is 0.967 bits per heavy atom. The molecule has 17 heteroatoms. The molecule has 0 radical (unpaired) electrons. The van der Waals surface area contributed by atoms with Gasteiger partial charge in [0.25, 0.3) is 0 Å². The molecule has 0 spiro atoms. The minimum absolute atomic E-state index is 0.349. The third-order valence-corrected chi connectivity index (χ3v) is 5.34. The van der Waals surface area contributed by atoms with E-state index in [1.807, 2.05) is 0 Å². The van der Waals surface area contributed by atoms with Gasteiger partial charge in [-0.3, -0.25) is 4.18 Å². The lowest BCUT2D eigenvalue weighted by Gasteiger charge is -2.36. The monoisotopic (exact) mass is 593 g/mol. The zero-order valence-corrected chi connectivity index (χ0v) is 18.3. The van der Waals surface area contributed by atoms with Gasteiger partial charge in [0.1, 0.15) is 5.60 Å². The molecule has 1 fully saturated rings. The molecule has 0 atom stereocenters. The molecular formula is C13H16F8INO6S. The zero-order valence-electron chi connectivity index (χ0n) is 15.3. The van der Waals surface area contributed by atoms with Gasteiger partial charge in [0, 0.05) is 28.6 Å². The minimum Gasteiger partial charge on any atom is -0.444 e. The van der Waals surface area contributed by atoms with Crippen LogP contribution in [-0.2, 0) is 23.8 Å². The number of alkyl halides is 9. The van der Waals surface area contributed by atoms with Gasteiger partial charge < -0.3 is 10.1 Å². The molecule has 0 aromatic carbocycles. The molecule has 1 amide bonds. The molecule has 0 aromatic heterocycles. The van der Waals surface area contributed by atoms with Crippen molar-refractivity contribution in [1.82, 2.24) is 5.32 Å². The fraction of sp³-hybridized carbons (Fsp3) is 0.923. The highest BCUT2D eigenvalue weighted by molar-refractivity contribution is 14.1. The molecule has 1 N–H and O–H groups in total. The van der Waals surface area contributed by atoms with E-state index >= 15 is 0 Å². The Bertz CT molecular complexity index is 746. The predicted octanol–water partition coefficient (Wildman–Crippen LogP) is 4.21. The van der Waals surface area contributed by atoms with Crippen LogP contribution in [0.5, 0.6) is 0 Å². The van der Waals surface area contributed by atoms with Gasteiger partial charge in [0.2, 0.25) is 0 Å². The van der Waals surface area contributed by atoms with E-state index in [1.165, 1.54) is 20.8 Å². The van der Waals surface area contributed by atoms with Gasteiger partial charge in [-0.2, -0.15) is 43.5 Å². The van der Waals surface area contributed by atoms with Gasteiger partial charge >= 0.3 is 37.6 Å². The van der Waals surface area contributed by atoms with Crippen LogP contribution in [0.15, 0.2) is 0 Å². The average Bonchev–Trinajstić information content (AvgIpc) is 2.39. The van der Waals surface area contributed by atoms with Crippen molar-refractivity contribution in [2.75, 3.05) is 0 Å². The van der Waals surface area contributed by atoms with Crippen LogP contribution in [0.25, 0.3) is 0 Å². The van der Waals surface area contributed by atoms with Crippen molar-refractivity contribution in [1.29, 1.82) is 0 Å². The van der Waals surface area contributed by atoms with Crippen molar-refractivity contribution >= 4 is 38.8 Å². The summed E-state index contributed by atoms with van der Waals surface area (Å²) in [4.78, 5) is 11.5. The van der Waals surface area contributed by atoms with E-state index in [0.29, 0.717) is 0 Å². The first-order valence-electron chi connectivity index (χ1n) is 7.83. The summed E-state index contributed by atoms with van der Waals surface area (Å²) in [6.07, 6.45) is -16.1. The molecule has 0 bridgehead atoms. The quantitative estimate of drug-likeness (QED) is 0.196. The number of hydrogen-bond acceptors (Lipinski definition) is 6. The molecule has 0 aliphatic heterocycles. The van der Waals surface area contributed by atoms with Crippen LogP contribution >= 0.6 is 22.6 Å². The van der Waals surface area contributed by atoms with Crippen LogP contribution in [0.3, 0.4) is 0 Å². The summed E-state index contributed by atoms with van der Waals surface area (Å²) >= 11 is -0.349. The Labute approximate surface area is 179 Å². The summed E-state index contributed by atoms with van der Waals surface area (Å²) in [5, 5.41) is -4.21. The van der Waals surface area contributed by atoms with E-state index in [1.54, 1.807) is 0 Å². The third-order valence-electron chi connectivity index (χ3n) is 3.32. The summed E-state index contributed by atoms with van der Waals surface area (Å²) in [7, 11) is -6.61. The SMILES string of the molecule is CC(C)(C)OC(=O)NC1CC(OS(=O)(=O)C(F)(F)C(F)(F)OC(F)(F)C(F)(F)I)C1. The van der Waals surface area contributed by atoms with Crippen molar-refractivity contribution in [2.45, 2.75) is 72.8 Å². The summed E-state index contributed by atoms with van der Waals surface area (Å²) in [6.45, 7) is 4.61. The number of nitrogens with one attached hydrogen (secondary N) is 1. The van der Waals surface area contributed by atoms with Crippen molar-refractivity contribution in [3.63, 3.8) is 0 Å². The molecule has 178 valence electrons. The normalized spacial score (nSPS) is 21.7. The van der Waals surface area contributed by atoms with Crippen molar-refractivity contribution in [3.05, 3.63) is 0 Å². The predicted molar refractivity (Wildman–Crippen MR) is 91.1 cm³/mol. The van der Waals surface area contributed by atoms with Gasteiger partial charge in [-0.25, -0.2) is 9.53 Å². The first-order valence-corrected chi connectivity index (χ1v) is 10.3. The number of alkyl carbamates (subject to hydrolysis) is 1. The summed E-state index contributed by atoms with van der Waals surface area (Å²) in [6, 6.07) is -0.813. The lowest BCUT2D eigenvalue weighted by atomic mass is 9.90. The zero-order chi connectivity index (χ0) is 24.0. The maximum atomic E-state index is 13.7. The molecule has 30 heavy (non-hydrogen) atoms. The Balaban J connectivity index is 2.77. The Morgan fingerprint density at radius 3 is 1.83 bits per heavy atom. The van der Waals surface area contributed by atoms with Crippen molar-refractivity contribution in [3.8, 4) is 0 Å². The van der Waals surface area contributed by atoms with Crippen molar-refractivity contribution in [2.24, 2.45) is 0 Å². The van der Waals surface area contributed by atoms with Crippen LogP contribution in [0.2, 0.25) is 0 Å². The minimum atomic E-state index is -6.61. The first kappa shape index (κ1) is 27.3. The van der Waals surface area contributed by atoms with E-state index < -0.39 is 68.2 Å². The van der Waals surface area contributed by atoms with Gasteiger partial charge in [-0.1, -0.05) is 0 Å². The molecule has 7 nitrogen and oxygen atoms in total. The Kier molecular flexibility index (Phi) is 7.60. The second-order valence-corrected chi connectivity index (χ2v) is 10.1. The molecular weight excluding hydrogens is 577 g/mol. The number of rotatable bonds is 8. The molecule has 0 saturated heterocycles. The maximum absolute atomic E-state index is 13.7. The fourth-order valence-corrected chi connectivity index (χ4v) is 2.98. The van der Waals surface area contributed by atoms with Gasteiger partial charge in [0.05, 0.1) is 6.10 Å². The largest absolute Gasteiger partial charge is 0.460 e. The molecule has 1 aliphatic carbocycles. The van der Waals surface area contributed by atoms with Crippen LogP contribution in [0.1, 0.15) is 33.6 Å². The van der Waals surface area contributed by atoms with E-state index in [2.05, 4.69) is 14.2 Å². The second-order valence-electron chi connectivity index (χ2n) is 7.14. The molecule has 0 heterocycles. The highest BCUT2D eigenvalue weighted by atomic mass is 127. The fourth-order valence-electron chi connectivity index (χ4n) is 1.90. The number of halogens is 9. The highest BCUT2D eigenvalue weighted by Crippen LogP contribution is 2.49. The lowest BCUT2D eigenvalue weighted by Crippen LogP contribution is -2.56. The number of carbonyl (C=O) groups is 1. The Morgan fingerprint density at radius 2 is 1.43 bits per heavy atom. The highest BCUT2D eigenvalue weighted by Gasteiger charge is 2.74. The van der Waals surface area contributed by atoms with E-state index in [0.717, 1.165) is 0 Å². The van der Waals surface area contributed by atoms with Crippen molar-refractivity contribution < 1.29 is 62.0 Å². The number of amides is 1. The number of ether oxygens (including phenoxy) is 2. The number of carbonyl (C=O) groups excluding carboxylic acids is 1. The van der Waals surface area contributed by atoms with E-state index in [-0.39, 0.29) is 22.6 Å². The number of hydrogen-bond donors (Lipinski definition) is 1. The smallest absolute Gasteiger partial charge is 0.444 e. The first-order chi connectivity index (χ1) is 13.0. The standard InChI is InChI=1S/C13H16F8INO6S/c1-9(2,3)27-8(24)23-6-4-7(5-6)28-30(25,26)13(20,21)12(18,19)29-11(16,17)10(14,15)22/h6-7H,4-5H2,1-3H3,(H,23,24). The molecule has 1 rings (SSSR count). The molecule has 0 aromatic rings. The van der Waals surface area contributed by atoms with Gasteiger partial charge in [0.15, 0.2) is 0 Å². The maximum Gasteiger partial charge on any atom is 0.460 e. The molecule has 1 saturated carbocycles. The van der Waals surface area contributed by atoms with Gasteiger partial charge in [-0.05, 0) is 33.6 Å². The van der Waals surface area contributed by atoms with E-state index in [9.17, 15) is 48.3 Å². The average molecular weight is 593 g/mol. The van der Waals surface area contributed by atoms with Crippen LogP contribution in [0, 0.1) is 0 Å². The summed E-state index contributed by atoms with van der Waals surface area (Å²) in [5.74, 6) is 0. The topological polar surface area (TPSA) is 90.9 Å². The van der Waals surface area contributed by atoms with Crippen LogP contribution in [0.4, 0.5) is 39.9 Å². The summed E-state index contributed by atoms with van der Waals surface area (Å²) in [5.41, 5.74) is -0.877. The Hall–Kier alpha value is -0.690. The molecule has 0 unspecified atom stereocenters. The third kappa shape index (κ3) is 6.41. The lowest BCUT2D eigenvalue weighted by molar-refractivity contribution is -0.439.